The molecule has 0 aliphatic heterocycles. The second-order valence-corrected chi connectivity index (χ2v) is 17.4. The van der Waals surface area contributed by atoms with Crippen molar-refractivity contribution < 1.29 is 28.6 Å². The summed E-state index contributed by atoms with van der Waals surface area (Å²) in [4.78, 5) is 38.0. The number of carbonyl (C=O) groups is 3. The lowest BCUT2D eigenvalue weighted by molar-refractivity contribution is -0.167. The highest BCUT2D eigenvalue weighted by Crippen LogP contribution is 2.15. The van der Waals surface area contributed by atoms with Crippen molar-refractivity contribution >= 4 is 17.9 Å². The van der Waals surface area contributed by atoms with Gasteiger partial charge in [-0.1, -0.05) is 221 Å². The van der Waals surface area contributed by atoms with Crippen molar-refractivity contribution in [1.82, 2.24) is 0 Å². The number of rotatable bonds is 47. The molecular formula is C59H98O6. The Kier molecular flexibility index (Phi) is 50.0. The van der Waals surface area contributed by atoms with Crippen molar-refractivity contribution in [3.8, 4) is 0 Å². The predicted molar refractivity (Wildman–Crippen MR) is 279 cm³/mol. The van der Waals surface area contributed by atoms with Crippen molar-refractivity contribution in [2.45, 2.75) is 245 Å². The van der Waals surface area contributed by atoms with E-state index in [0.29, 0.717) is 19.3 Å². The molecule has 0 unspecified atom stereocenters. The summed E-state index contributed by atoms with van der Waals surface area (Å²) < 4.78 is 16.7. The van der Waals surface area contributed by atoms with Gasteiger partial charge >= 0.3 is 17.9 Å². The molecule has 0 bridgehead atoms. The summed E-state index contributed by atoms with van der Waals surface area (Å²) in [7, 11) is 0. The fraction of sp³-hybridized carbons (Fsp3) is 0.678. The van der Waals surface area contributed by atoms with Crippen LogP contribution in [0.5, 0.6) is 0 Å². The monoisotopic (exact) mass is 903 g/mol. The minimum absolute atomic E-state index is 0.110. The molecule has 370 valence electrons. The van der Waals surface area contributed by atoms with Crippen LogP contribution >= 0.6 is 0 Å². The molecule has 0 heterocycles. The number of hydrogen-bond donors (Lipinski definition) is 0. The molecule has 0 saturated carbocycles. The first-order chi connectivity index (χ1) is 32.0. The Bertz CT molecular complexity index is 1310. The molecule has 0 aliphatic carbocycles. The van der Waals surface area contributed by atoms with Gasteiger partial charge in [-0.15, -0.1) is 0 Å². The second-order valence-electron chi connectivity index (χ2n) is 17.4. The number of allylic oxidation sites excluding steroid dienone is 16. The lowest BCUT2D eigenvalue weighted by Gasteiger charge is -2.18. The van der Waals surface area contributed by atoms with E-state index >= 15 is 0 Å². The smallest absolute Gasteiger partial charge is 0.306 e. The van der Waals surface area contributed by atoms with Crippen molar-refractivity contribution in [3.63, 3.8) is 0 Å². The Balaban J connectivity index is 4.53. The molecule has 6 nitrogen and oxygen atoms in total. The fourth-order valence-electron chi connectivity index (χ4n) is 7.07. The second kappa shape index (κ2) is 52.9. The highest BCUT2D eigenvalue weighted by molar-refractivity contribution is 5.71. The van der Waals surface area contributed by atoms with E-state index in [9.17, 15) is 14.4 Å². The van der Waals surface area contributed by atoms with Crippen LogP contribution in [0.4, 0.5) is 0 Å². The summed E-state index contributed by atoms with van der Waals surface area (Å²) >= 11 is 0. The van der Waals surface area contributed by atoms with E-state index in [0.717, 1.165) is 83.5 Å². The molecule has 0 aromatic rings. The highest BCUT2D eigenvalue weighted by Gasteiger charge is 2.19. The summed E-state index contributed by atoms with van der Waals surface area (Å²) in [5.41, 5.74) is 0. The van der Waals surface area contributed by atoms with Gasteiger partial charge in [0.2, 0.25) is 0 Å². The molecule has 0 fully saturated rings. The van der Waals surface area contributed by atoms with Crippen molar-refractivity contribution in [2.24, 2.45) is 0 Å². The van der Waals surface area contributed by atoms with Crippen LogP contribution in [0.1, 0.15) is 239 Å². The van der Waals surface area contributed by atoms with E-state index in [2.05, 4.69) is 118 Å². The van der Waals surface area contributed by atoms with Crippen LogP contribution < -0.4 is 0 Å². The quantitative estimate of drug-likeness (QED) is 0.0262. The summed E-state index contributed by atoms with van der Waals surface area (Å²) in [5.74, 6) is -1.01. The molecule has 0 aromatic heterocycles. The lowest BCUT2D eigenvalue weighted by atomic mass is 10.0. The van der Waals surface area contributed by atoms with Gasteiger partial charge in [0.15, 0.2) is 6.10 Å². The van der Waals surface area contributed by atoms with E-state index in [4.69, 9.17) is 14.2 Å². The van der Waals surface area contributed by atoms with E-state index in [-0.39, 0.29) is 44.0 Å². The van der Waals surface area contributed by atoms with Crippen LogP contribution in [0, 0.1) is 0 Å². The molecule has 1 atom stereocenters. The first-order valence-electron chi connectivity index (χ1n) is 26.7. The zero-order valence-electron chi connectivity index (χ0n) is 42.2. The van der Waals surface area contributed by atoms with Crippen LogP contribution in [-0.2, 0) is 28.6 Å². The Labute approximate surface area is 400 Å². The molecule has 0 aromatic carbocycles. The van der Waals surface area contributed by atoms with Crippen LogP contribution in [-0.4, -0.2) is 37.2 Å². The minimum Gasteiger partial charge on any atom is -0.462 e. The number of hydrogen-bond acceptors (Lipinski definition) is 6. The highest BCUT2D eigenvalue weighted by atomic mass is 16.6. The van der Waals surface area contributed by atoms with Crippen LogP contribution in [0.25, 0.3) is 0 Å². The Morgan fingerprint density at radius 1 is 0.323 bits per heavy atom. The SMILES string of the molecule is CC/C=C\C/C=C\C/C=C\C/C=C\C/C=C\CCCC(=O)OC[C@@H](COC(=O)CCCCCCCCCCCCCCCCC)OC(=O)CCCC/C=C\C/C=C\C/C=C\CCCCC. The standard InChI is InChI=1S/C59H98O6/c1-4-7-10-13-16-19-22-25-28-29-32-34-37-40-43-46-49-52-58(61)64-55-56(65-59(62)53-50-47-44-41-38-35-31-27-24-21-18-15-12-9-6-3)54-63-57(60)51-48-45-42-39-36-33-30-26-23-20-17-14-11-8-5-2/h7,10,16,18-19,21,25,27-28,31-32,34,38,40-41,43,56H,4-6,8-9,11-15,17,20,22-24,26,29-30,33,35-37,39,42,44-55H2,1-3H3/b10-7-,19-16-,21-18-,28-25-,31-27-,34-32-,41-38-,43-40-/t56-/m1/s1. The first kappa shape index (κ1) is 61.3. The van der Waals surface area contributed by atoms with Crippen molar-refractivity contribution in [2.75, 3.05) is 13.2 Å². The average molecular weight is 903 g/mol. The molecule has 6 heteroatoms. The molecule has 65 heavy (non-hydrogen) atoms. The summed E-state index contributed by atoms with van der Waals surface area (Å²) in [6.45, 7) is 6.41. The van der Waals surface area contributed by atoms with Gasteiger partial charge in [0.25, 0.3) is 0 Å². The third-order valence-electron chi connectivity index (χ3n) is 11.1. The van der Waals surface area contributed by atoms with E-state index in [1.807, 2.05) is 0 Å². The topological polar surface area (TPSA) is 78.9 Å². The summed E-state index contributed by atoms with van der Waals surface area (Å²) in [5, 5.41) is 0. The molecule has 0 rings (SSSR count). The van der Waals surface area contributed by atoms with Gasteiger partial charge < -0.3 is 14.2 Å². The zero-order valence-corrected chi connectivity index (χ0v) is 42.2. The van der Waals surface area contributed by atoms with E-state index in [1.54, 1.807) is 0 Å². The van der Waals surface area contributed by atoms with Crippen LogP contribution in [0.3, 0.4) is 0 Å². The number of esters is 3. The first-order valence-corrected chi connectivity index (χ1v) is 26.7. The molecule has 0 saturated heterocycles. The maximum Gasteiger partial charge on any atom is 0.306 e. The van der Waals surface area contributed by atoms with Gasteiger partial charge in [-0.2, -0.15) is 0 Å². The minimum atomic E-state index is -0.819. The number of ether oxygens (including phenoxy) is 3. The van der Waals surface area contributed by atoms with Gasteiger partial charge in [-0.3, -0.25) is 14.4 Å². The molecule has 0 aliphatic rings. The lowest BCUT2D eigenvalue weighted by Crippen LogP contribution is -2.30. The normalized spacial score (nSPS) is 12.8. The van der Waals surface area contributed by atoms with Gasteiger partial charge in [-0.05, 0) is 96.3 Å². The summed E-state index contributed by atoms with van der Waals surface area (Å²) in [6.07, 6.45) is 69.7. The molecule has 0 spiro atoms. The third-order valence-corrected chi connectivity index (χ3v) is 11.1. The molecule has 0 radical (unpaired) electrons. The Morgan fingerprint density at radius 3 is 1.03 bits per heavy atom. The van der Waals surface area contributed by atoms with Crippen molar-refractivity contribution in [1.29, 1.82) is 0 Å². The molecule has 0 N–H and O–H groups in total. The van der Waals surface area contributed by atoms with Gasteiger partial charge in [0, 0.05) is 19.3 Å². The summed E-state index contributed by atoms with van der Waals surface area (Å²) in [6, 6.07) is 0. The van der Waals surface area contributed by atoms with E-state index < -0.39 is 6.10 Å². The van der Waals surface area contributed by atoms with Crippen LogP contribution in [0.2, 0.25) is 0 Å². The van der Waals surface area contributed by atoms with Crippen LogP contribution in [0.15, 0.2) is 97.2 Å². The largest absolute Gasteiger partial charge is 0.462 e. The van der Waals surface area contributed by atoms with Crippen molar-refractivity contribution in [3.05, 3.63) is 97.2 Å². The third kappa shape index (κ3) is 51.2. The number of carbonyl (C=O) groups excluding carboxylic acids is 3. The predicted octanol–water partition coefficient (Wildman–Crippen LogP) is 17.8. The maximum absolute atomic E-state index is 12.8. The van der Waals surface area contributed by atoms with Gasteiger partial charge in [0.1, 0.15) is 13.2 Å². The Morgan fingerprint density at radius 2 is 0.615 bits per heavy atom. The van der Waals surface area contributed by atoms with E-state index in [1.165, 1.54) is 103 Å². The Hall–Kier alpha value is -3.67. The zero-order chi connectivity index (χ0) is 47.2. The fourth-order valence-corrected chi connectivity index (χ4v) is 7.07. The number of unbranched alkanes of at least 4 members (excludes halogenated alkanes) is 20. The molecule has 0 amide bonds. The van der Waals surface area contributed by atoms with Gasteiger partial charge in [0.05, 0.1) is 0 Å². The van der Waals surface area contributed by atoms with Gasteiger partial charge in [-0.25, -0.2) is 0 Å². The average Bonchev–Trinajstić information content (AvgIpc) is 3.30. The maximum atomic E-state index is 12.8. The molecular weight excluding hydrogens is 805 g/mol.